The number of aryl methyl sites for hydroxylation is 2. The lowest BCUT2D eigenvalue weighted by molar-refractivity contribution is 0.101. The molecular weight excluding hydrogens is 1610 g/mol. The fourth-order valence-corrected chi connectivity index (χ4v) is 16.8. The highest BCUT2D eigenvalue weighted by Crippen LogP contribution is 2.45. The van der Waals surface area contributed by atoms with E-state index in [1.807, 2.05) is 72.8 Å². The van der Waals surface area contributed by atoms with Gasteiger partial charge in [0, 0.05) is 33.6 Å². The summed E-state index contributed by atoms with van der Waals surface area (Å²) in [5, 5.41) is 6.17. The van der Waals surface area contributed by atoms with E-state index in [1.54, 1.807) is 0 Å². The summed E-state index contributed by atoms with van der Waals surface area (Å²) in [4.78, 5) is 26.5. The minimum Gasteiger partial charge on any atom is -0.489 e. The summed E-state index contributed by atoms with van der Waals surface area (Å²) in [5.74, 6) is 6.34. The van der Waals surface area contributed by atoms with Gasteiger partial charge in [-0.1, -0.05) is 444 Å². The third-order valence-electron chi connectivity index (χ3n) is 25.4. The van der Waals surface area contributed by atoms with Crippen molar-refractivity contribution in [2.75, 3.05) is 30.5 Å². The molecule has 9 heteroatoms. The van der Waals surface area contributed by atoms with E-state index in [1.165, 1.54) is 217 Å². The van der Waals surface area contributed by atoms with Gasteiger partial charge in [-0.3, -0.25) is 9.59 Å². The van der Waals surface area contributed by atoms with Gasteiger partial charge in [-0.15, -0.1) is 0 Å². The van der Waals surface area contributed by atoms with Crippen molar-refractivity contribution in [3.05, 3.63) is 278 Å². The van der Waals surface area contributed by atoms with Crippen molar-refractivity contribution >= 4 is 71.8 Å². The second-order valence-corrected chi connectivity index (χ2v) is 38.1. The fraction of sp³-hybridized carbons (Fsp3) is 0.475. The van der Waals surface area contributed by atoms with Gasteiger partial charge in [0.05, 0.1) is 19.8 Å². The Hall–Kier alpha value is -10.1. The molecule has 0 spiro atoms. The molecule has 9 nitrogen and oxygen atoms in total. The Morgan fingerprint density at radius 2 is 0.504 bits per heavy atom. The van der Waals surface area contributed by atoms with Crippen molar-refractivity contribution in [1.82, 2.24) is 0 Å². The van der Waals surface area contributed by atoms with E-state index in [4.69, 9.17) is 23.7 Å². The maximum atomic E-state index is 13.2. The molecule has 0 aliphatic heterocycles. The quantitative estimate of drug-likeness (QED) is 0.0289. The van der Waals surface area contributed by atoms with E-state index >= 15 is 0 Å². The third-order valence-corrected chi connectivity index (χ3v) is 25.4. The number of ether oxygens (including phenoxy) is 5. The van der Waals surface area contributed by atoms with Crippen LogP contribution in [0.15, 0.2) is 200 Å². The highest BCUT2D eigenvalue weighted by atomic mass is 16.5. The molecule has 2 amide bonds. The molecule has 0 saturated carbocycles. The van der Waals surface area contributed by atoms with Gasteiger partial charge in [0.15, 0.2) is 11.5 Å². The summed E-state index contributed by atoms with van der Waals surface area (Å²) in [6, 6.07) is 68.3. The van der Waals surface area contributed by atoms with Gasteiger partial charge in [-0.25, -0.2) is 0 Å². The van der Waals surface area contributed by atoms with Crippen LogP contribution in [0.25, 0.3) is 48.6 Å². The van der Waals surface area contributed by atoms with Crippen LogP contribution in [0.2, 0.25) is 0 Å². The zero-order chi connectivity index (χ0) is 92.3. The number of rotatable bonds is 68. The molecule has 0 saturated heterocycles. The third kappa shape index (κ3) is 43.0. The van der Waals surface area contributed by atoms with Crippen LogP contribution >= 0.6 is 0 Å². The van der Waals surface area contributed by atoms with Crippen LogP contribution in [-0.2, 0) is 26.1 Å². The van der Waals surface area contributed by atoms with Gasteiger partial charge in [0.2, 0.25) is 5.75 Å². The number of nitrogens with one attached hydrogen (secondary N) is 2. The average molecular weight is 1770 g/mol. The van der Waals surface area contributed by atoms with Crippen LogP contribution in [0.1, 0.15) is 394 Å². The van der Waals surface area contributed by atoms with Crippen molar-refractivity contribution in [2.45, 2.75) is 332 Å². The summed E-state index contributed by atoms with van der Waals surface area (Å²) in [6.45, 7) is 23.0. The zero-order valence-corrected chi connectivity index (χ0v) is 82.2. The second kappa shape index (κ2) is 63.1. The standard InChI is InChI=1S/C122H164N2O7/c1-10-13-16-19-22-25-28-31-34-37-90-127-118-112(94-130-116-86-74-108(75-87-116)64-60-104-54-50-102(51-55-104)58-62-106-70-82-114(83-71-106)123-121(125)110-78-66-100(67-79-110)48-46-98(8)44-40-42-96(4)5)93-113(119(128-91-38-35-32-29-26-23-20-17-14-11-2)120(118)129-92-39-36-33-30-27-24-21-18-15-12-3)95-131-117-88-76-109(77-89-117)65-61-105-56-52-103(53-57-105)59-63-107-72-84-115(85-73-107)124-122(126)111-80-68-101(69-81-111)49-47-99(9)45-41-43-97(6)7/h50-89,93,96-99H,10-49,90-92,94-95H2,1-9H3,(H,123,125)(H,124,126)/b62-58+,63-59+,64-60+,65-61+/t98-,99-/m0/s1. The molecule has 0 unspecified atom stereocenters. The maximum Gasteiger partial charge on any atom is 0.255 e. The summed E-state index contributed by atoms with van der Waals surface area (Å²) in [6.07, 6.45) is 66.5. The molecule has 9 rings (SSSR count). The van der Waals surface area contributed by atoms with E-state index in [0.717, 1.165) is 142 Å². The molecule has 0 radical (unpaired) electrons. The predicted octanol–water partition coefficient (Wildman–Crippen LogP) is 35.7. The predicted molar refractivity (Wildman–Crippen MR) is 563 cm³/mol. The fourth-order valence-electron chi connectivity index (χ4n) is 16.8. The molecule has 0 aliphatic carbocycles. The smallest absolute Gasteiger partial charge is 0.255 e. The normalized spacial score (nSPS) is 12.2. The number of hydrogen-bond donors (Lipinski definition) is 2. The molecule has 0 bridgehead atoms. The number of amides is 2. The molecular formula is C122H164N2O7. The monoisotopic (exact) mass is 1770 g/mol. The lowest BCUT2D eigenvalue weighted by Gasteiger charge is -2.23. The van der Waals surface area contributed by atoms with E-state index in [9.17, 15) is 9.59 Å². The minimum absolute atomic E-state index is 0.0999. The van der Waals surface area contributed by atoms with Crippen LogP contribution < -0.4 is 34.3 Å². The van der Waals surface area contributed by atoms with Crippen LogP contribution in [-0.4, -0.2) is 31.6 Å². The zero-order valence-electron chi connectivity index (χ0n) is 82.2. The van der Waals surface area contributed by atoms with E-state index < -0.39 is 0 Å². The van der Waals surface area contributed by atoms with Gasteiger partial charge in [0.1, 0.15) is 24.7 Å². The van der Waals surface area contributed by atoms with Gasteiger partial charge >= 0.3 is 0 Å². The van der Waals surface area contributed by atoms with Gasteiger partial charge in [-0.05, 0) is 203 Å². The number of carbonyl (C=O) groups excluding carboxylic acids is 2. The van der Waals surface area contributed by atoms with Crippen LogP contribution in [0.4, 0.5) is 11.4 Å². The number of anilines is 2. The Bertz CT molecular complexity index is 4410. The van der Waals surface area contributed by atoms with Crippen LogP contribution in [0.3, 0.4) is 0 Å². The van der Waals surface area contributed by atoms with Gasteiger partial charge in [-0.2, -0.15) is 0 Å². The van der Waals surface area contributed by atoms with E-state index in [-0.39, 0.29) is 25.0 Å². The first-order valence-electron chi connectivity index (χ1n) is 51.6. The van der Waals surface area contributed by atoms with Gasteiger partial charge in [0.25, 0.3) is 11.8 Å². The largest absolute Gasteiger partial charge is 0.489 e. The maximum absolute atomic E-state index is 13.2. The Kier molecular flexibility index (Phi) is 50.4. The van der Waals surface area contributed by atoms with Crippen molar-refractivity contribution in [3.8, 4) is 28.7 Å². The Labute approximate surface area is 793 Å². The minimum atomic E-state index is -0.0999. The first-order valence-corrected chi connectivity index (χ1v) is 51.6. The molecule has 2 N–H and O–H groups in total. The molecule has 0 fully saturated rings. The number of unbranched alkanes of at least 4 members (excludes halogenated alkanes) is 27. The topological polar surface area (TPSA) is 104 Å². The van der Waals surface area contributed by atoms with Crippen LogP contribution in [0.5, 0.6) is 28.7 Å². The van der Waals surface area contributed by atoms with Gasteiger partial charge < -0.3 is 34.3 Å². The lowest BCUT2D eigenvalue weighted by Crippen LogP contribution is -2.12. The second-order valence-electron chi connectivity index (χ2n) is 38.1. The molecule has 0 heterocycles. The summed E-state index contributed by atoms with van der Waals surface area (Å²) in [7, 11) is 0. The molecule has 704 valence electrons. The van der Waals surface area contributed by atoms with E-state index in [2.05, 4.69) is 249 Å². The Morgan fingerprint density at radius 3 is 0.771 bits per heavy atom. The Morgan fingerprint density at radius 1 is 0.260 bits per heavy atom. The SMILES string of the molecule is CCCCCCCCCCCCOc1c(COc2ccc(/C=C/c3ccc(/C=C/c4ccc(NC(=O)c5ccc(CC[C@@H](C)CCCC(C)C)cc5)cc4)cc3)cc2)cc(COc2ccc(/C=C/c3ccc(/C=C/c4ccc(NC(=O)c5ccc(CC[C@@H](C)CCCC(C)C)cc5)cc4)cc3)cc2)c(OCCCCCCCCCCCC)c1OCCCCCCCCCCCC. The van der Waals surface area contributed by atoms with Crippen molar-refractivity contribution in [2.24, 2.45) is 23.7 Å². The van der Waals surface area contributed by atoms with Crippen molar-refractivity contribution < 1.29 is 33.3 Å². The first-order chi connectivity index (χ1) is 64.1. The molecule has 131 heavy (non-hydrogen) atoms. The molecule has 0 aliphatic rings. The van der Waals surface area contributed by atoms with Crippen molar-refractivity contribution in [1.29, 1.82) is 0 Å². The lowest BCUT2D eigenvalue weighted by atomic mass is 9.94. The average Bonchev–Trinajstić information content (AvgIpc) is 0.786. The molecule has 9 aromatic carbocycles. The Balaban J connectivity index is 0.858. The number of benzene rings is 9. The van der Waals surface area contributed by atoms with Crippen LogP contribution in [0, 0.1) is 23.7 Å². The highest BCUT2D eigenvalue weighted by molar-refractivity contribution is 6.05. The highest BCUT2D eigenvalue weighted by Gasteiger charge is 2.25. The summed E-state index contributed by atoms with van der Waals surface area (Å²) in [5.41, 5.74) is 15.9. The number of carbonyl (C=O) groups is 2. The molecule has 0 aromatic heterocycles. The number of hydrogen-bond acceptors (Lipinski definition) is 7. The molecule has 9 aromatic rings. The van der Waals surface area contributed by atoms with E-state index in [0.29, 0.717) is 60.0 Å². The summed E-state index contributed by atoms with van der Waals surface area (Å²) >= 11 is 0. The first kappa shape index (κ1) is 105. The molecule has 2 atom stereocenters. The van der Waals surface area contributed by atoms with Crippen molar-refractivity contribution in [3.63, 3.8) is 0 Å². The summed E-state index contributed by atoms with van der Waals surface area (Å²) < 4.78 is 35.0.